The maximum Gasteiger partial charge on any atom is 4.00 e. The van der Waals surface area contributed by atoms with E-state index in [1.54, 1.807) is 0 Å². The molecule has 0 N–H and O–H groups in total. The van der Waals surface area contributed by atoms with Gasteiger partial charge in [-0.15, -0.1) is 70.1 Å². The molecule has 0 fully saturated rings. The van der Waals surface area contributed by atoms with Crippen molar-refractivity contribution in [3.63, 3.8) is 0 Å². The minimum Gasteiger partial charge on any atom is -0.358 e. The zero-order valence-corrected chi connectivity index (χ0v) is 20.1. The van der Waals surface area contributed by atoms with Crippen LogP contribution in [0.2, 0.25) is 0 Å². The van der Waals surface area contributed by atoms with Gasteiger partial charge in [0.2, 0.25) is 0 Å². The molecular weight excluding hydrogens is 404 g/mol. The molecule has 0 atom stereocenters. The fourth-order valence-electron chi connectivity index (χ4n) is 3.07. The van der Waals surface area contributed by atoms with Crippen molar-refractivity contribution in [1.29, 1.82) is 0 Å². The minimum absolute atomic E-state index is 0. The van der Waals surface area contributed by atoms with Crippen LogP contribution in [0.15, 0.2) is 73.8 Å². The Labute approximate surface area is 185 Å². The average molecular weight is 436 g/mol. The summed E-state index contributed by atoms with van der Waals surface area (Å²) in [6.45, 7) is 14.6. The molecule has 0 aliphatic rings. The molecule has 0 aliphatic carbocycles. The normalized spacial score (nSPS) is 8.89. The van der Waals surface area contributed by atoms with Crippen molar-refractivity contribution in [3.05, 3.63) is 111 Å². The van der Waals surface area contributed by atoms with Crippen molar-refractivity contribution >= 4 is 21.5 Å². The summed E-state index contributed by atoms with van der Waals surface area (Å²) in [4.78, 5) is 0. The SMILES string of the molecule is C=C.Cc1ccc(C)c2[cH-]ccc12.Cc1ccc(C)c2[cH-]ccc12.[CH3-].[CH3-].[Zr+4]. The van der Waals surface area contributed by atoms with Crippen molar-refractivity contribution in [2.75, 3.05) is 0 Å². The predicted molar refractivity (Wildman–Crippen MR) is 122 cm³/mol. The Hall–Kier alpha value is -1.72. The molecule has 0 radical (unpaired) electrons. The molecule has 0 saturated heterocycles. The Morgan fingerprint density at radius 3 is 1.15 bits per heavy atom. The number of fused-ring (bicyclic) bond motifs is 2. The van der Waals surface area contributed by atoms with E-state index < -0.39 is 0 Å². The van der Waals surface area contributed by atoms with E-state index in [4.69, 9.17) is 0 Å². The van der Waals surface area contributed by atoms with E-state index in [2.05, 4.69) is 102 Å². The summed E-state index contributed by atoms with van der Waals surface area (Å²) in [5.41, 5.74) is 5.48. The largest absolute Gasteiger partial charge is 4.00 e. The van der Waals surface area contributed by atoms with E-state index in [1.165, 1.54) is 43.8 Å². The van der Waals surface area contributed by atoms with Gasteiger partial charge in [0.25, 0.3) is 0 Å². The second-order valence-electron chi connectivity index (χ2n) is 6.10. The van der Waals surface area contributed by atoms with Gasteiger partial charge < -0.3 is 14.9 Å². The summed E-state index contributed by atoms with van der Waals surface area (Å²) in [6, 6.07) is 21.7. The summed E-state index contributed by atoms with van der Waals surface area (Å²) in [5.74, 6) is 0. The van der Waals surface area contributed by atoms with Gasteiger partial charge in [0.05, 0.1) is 0 Å². The third kappa shape index (κ3) is 6.15. The van der Waals surface area contributed by atoms with Gasteiger partial charge in [-0.1, -0.05) is 37.1 Å². The van der Waals surface area contributed by atoms with Crippen LogP contribution in [0.4, 0.5) is 0 Å². The van der Waals surface area contributed by atoms with Crippen LogP contribution in [-0.2, 0) is 26.2 Å². The number of hydrogen-bond donors (Lipinski definition) is 0. The molecule has 0 unspecified atom stereocenters. The first kappa shape index (κ1) is 27.5. The number of benzene rings is 2. The Bertz CT molecular complexity index is 787. The van der Waals surface area contributed by atoms with E-state index in [9.17, 15) is 0 Å². The van der Waals surface area contributed by atoms with Gasteiger partial charge in [-0.3, -0.25) is 0 Å². The van der Waals surface area contributed by atoms with Crippen LogP contribution < -0.4 is 0 Å². The van der Waals surface area contributed by atoms with Crippen LogP contribution in [0.1, 0.15) is 22.3 Å². The molecule has 0 heterocycles. The fraction of sp³-hybridized carbons (Fsp3) is 0.154. The van der Waals surface area contributed by atoms with Gasteiger partial charge in [-0.25, -0.2) is 0 Å². The smallest absolute Gasteiger partial charge is 0.358 e. The summed E-state index contributed by atoms with van der Waals surface area (Å²) < 4.78 is 0. The molecular formula is C26H32Zr. The molecule has 4 aromatic carbocycles. The zero-order chi connectivity index (χ0) is 17.7. The van der Waals surface area contributed by atoms with Gasteiger partial charge in [0.1, 0.15) is 0 Å². The molecule has 0 aromatic heterocycles. The number of hydrogen-bond acceptors (Lipinski definition) is 0. The maximum absolute atomic E-state index is 3.00. The quantitative estimate of drug-likeness (QED) is 0.193. The average Bonchev–Trinajstić information content (AvgIpc) is 3.27. The molecule has 0 saturated carbocycles. The molecule has 0 aliphatic heterocycles. The standard InChI is InChI=1S/2C11H11.C2H4.2CH3.Zr/c2*1-8-6-7-9(2)11-5-3-4-10(8)11;1-2;;;/h2*3-7H,1-2H3;1-2H2;2*1H3;/q2*-1;;2*-1;+4. The predicted octanol–water partition coefficient (Wildman–Crippen LogP) is 8.05. The van der Waals surface area contributed by atoms with Gasteiger partial charge in [0, 0.05) is 0 Å². The van der Waals surface area contributed by atoms with Crippen LogP contribution in [0.3, 0.4) is 0 Å². The van der Waals surface area contributed by atoms with Crippen LogP contribution in [0.25, 0.3) is 21.5 Å². The summed E-state index contributed by atoms with van der Waals surface area (Å²) in [7, 11) is 0. The van der Waals surface area contributed by atoms with Gasteiger partial charge in [0.15, 0.2) is 0 Å². The first-order chi connectivity index (χ1) is 11.6. The van der Waals surface area contributed by atoms with Crippen LogP contribution in [-0.4, -0.2) is 0 Å². The van der Waals surface area contributed by atoms with Crippen LogP contribution >= 0.6 is 0 Å². The Balaban J connectivity index is 0. The van der Waals surface area contributed by atoms with Gasteiger partial charge >= 0.3 is 26.2 Å². The molecule has 4 aromatic rings. The fourth-order valence-corrected chi connectivity index (χ4v) is 3.07. The van der Waals surface area contributed by atoms with Gasteiger partial charge in [-0.05, 0) is 13.8 Å². The Kier molecular flexibility index (Phi) is 12.9. The van der Waals surface area contributed by atoms with Crippen molar-refractivity contribution < 1.29 is 26.2 Å². The van der Waals surface area contributed by atoms with Crippen molar-refractivity contribution in [1.82, 2.24) is 0 Å². The third-order valence-electron chi connectivity index (χ3n) is 4.50. The molecule has 4 rings (SSSR count). The molecule has 27 heavy (non-hydrogen) atoms. The van der Waals surface area contributed by atoms with E-state index in [0.29, 0.717) is 0 Å². The minimum atomic E-state index is 0. The maximum atomic E-state index is 3.00. The molecule has 0 bridgehead atoms. The molecule has 140 valence electrons. The first-order valence-electron chi connectivity index (χ1n) is 8.31. The molecule has 0 spiro atoms. The van der Waals surface area contributed by atoms with Gasteiger partial charge in [-0.2, -0.15) is 24.3 Å². The topological polar surface area (TPSA) is 0 Å². The van der Waals surface area contributed by atoms with Crippen LogP contribution in [0.5, 0.6) is 0 Å². The molecule has 0 amide bonds. The first-order valence-corrected chi connectivity index (χ1v) is 8.31. The Morgan fingerprint density at radius 1 is 0.556 bits per heavy atom. The van der Waals surface area contributed by atoms with E-state index in [-0.39, 0.29) is 41.1 Å². The Morgan fingerprint density at radius 2 is 0.852 bits per heavy atom. The third-order valence-corrected chi connectivity index (χ3v) is 4.50. The van der Waals surface area contributed by atoms with Crippen molar-refractivity contribution in [2.24, 2.45) is 0 Å². The van der Waals surface area contributed by atoms with E-state index >= 15 is 0 Å². The number of aryl methyl sites for hydroxylation is 4. The summed E-state index contributed by atoms with van der Waals surface area (Å²) >= 11 is 0. The second-order valence-corrected chi connectivity index (χ2v) is 6.10. The van der Waals surface area contributed by atoms with Crippen LogP contribution in [0, 0.1) is 42.5 Å². The second kappa shape index (κ2) is 12.6. The zero-order valence-electron chi connectivity index (χ0n) is 17.7. The summed E-state index contributed by atoms with van der Waals surface area (Å²) in [5, 5.41) is 5.57. The monoisotopic (exact) mass is 434 g/mol. The molecule has 1 heteroatoms. The molecule has 0 nitrogen and oxygen atoms in total. The summed E-state index contributed by atoms with van der Waals surface area (Å²) in [6.07, 6.45) is 0. The van der Waals surface area contributed by atoms with E-state index in [0.717, 1.165) is 0 Å². The van der Waals surface area contributed by atoms with Crippen molar-refractivity contribution in [2.45, 2.75) is 27.7 Å². The van der Waals surface area contributed by atoms with E-state index in [1.807, 2.05) is 0 Å². The van der Waals surface area contributed by atoms with Crippen molar-refractivity contribution in [3.8, 4) is 0 Å². The number of rotatable bonds is 0.